The van der Waals surface area contributed by atoms with Gasteiger partial charge in [-0.15, -0.1) is 0 Å². The van der Waals surface area contributed by atoms with Gasteiger partial charge in [0.05, 0.1) is 0 Å². The van der Waals surface area contributed by atoms with E-state index >= 15 is 0 Å². The fraction of sp³-hybridized carbons (Fsp3) is 0.333. The van der Waals surface area contributed by atoms with Gasteiger partial charge in [-0.25, -0.2) is 15.8 Å². The van der Waals surface area contributed by atoms with Crippen LogP contribution in [0, 0.1) is 13.8 Å². The first-order chi connectivity index (χ1) is 10.0. The maximum Gasteiger partial charge on any atom is 0.148 e. The van der Waals surface area contributed by atoms with Gasteiger partial charge in [0.15, 0.2) is 0 Å². The first-order valence-corrected chi connectivity index (χ1v) is 7.71. The molecule has 1 aromatic heterocycles. The lowest BCUT2D eigenvalue weighted by molar-refractivity contribution is 0.833. The van der Waals surface area contributed by atoms with E-state index in [2.05, 4.69) is 56.6 Å². The summed E-state index contributed by atoms with van der Waals surface area (Å²) in [6.45, 7) is 6.10. The molecule has 0 aliphatic heterocycles. The third-order valence-electron chi connectivity index (χ3n) is 3.24. The summed E-state index contributed by atoms with van der Waals surface area (Å²) in [5.74, 6) is 7.76. The van der Waals surface area contributed by atoms with Crippen LogP contribution in [0.3, 0.4) is 0 Å². The van der Waals surface area contributed by atoms with Crippen molar-refractivity contribution in [2.75, 3.05) is 10.7 Å². The smallest absolute Gasteiger partial charge is 0.148 e. The fourth-order valence-corrected chi connectivity index (χ4v) is 2.35. The molecule has 6 heteroatoms. The fourth-order valence-electron chi connectivity index (χ4n) is 1.97. The van der Waals surface area contributed by atoms with Crippen LogP contribution in [-0.4, -0.2) is 9.97 Å². The minimum absolute atomic E-state index is 0.655. The Morgan fingerprint density at radius 3 is 2.52 bits per heavy atom. The molecule has 0 saturated carbocycles. The molecule has 0 unspecified atom stereocenters. The molecular formula is C15H20BrN5. The SMILES string of the molecule is CCCc1nc(NN)c(C)c(Nc2ccc(C)c(Br)c2)n1. The molecule has 0 bridgehead atoms. The highest BCUT2D eigenvalue weighted by Crippen LogP contribution is 2.26. The van der Waals surface area contributed by atoms with Gasteiger partial charge in [0.1, 0.15) is 17.5 Å². The molecule has 21 heavy (non-hydrogen) atoms. The normalized spacial score (nSPS) is 10.5. The largest absolute Gasteiger partial charge is 0.340 e. The van der Waals surface area contributed by atoms with Crippen molar-refractivity contribution in [2.24, 2.45) is 5.84 Å². The van der Waals surface area contributed by atoms with Gasteiger partial charge in [-0.05, 0) is 38.0 Å². The van der Waals surface area contributed by atoms with Crippen molar-refractivity contribution in [1.29, 1.82) is 0 Å². The van der Waals surface area contributed by atoms with E-state index in [0.717, 1.165) is 40.2 Å². The molecule has 0 aliphatic carbocycles. The third kappa shape index (κ3) is 3.71. The second-order valence-corrected chi connectivity index (χ2v) is 5.80. The number of nitrogens with zero attached hydrogens (tertiary/aromatic N) is 2. The predicted octanol–water partition coefficient (Wildman–Crippen LogP) is 3.84. The van der Waals surface area contributed by atoms with E-state index in [1.165, 1.54) is 5.56 Å². The molecule has 1 aromatic carbocycles. The molecule has 0 radical (unpaired) electrons. The Balaban J connectivity index is 2.37. The minimum atomic E-state index is 0.655. The Hall–Kier alpha value is -1.66. The summed E-state index contributed by atoms with van der Waals surface area (Å²) in [4.78, 5) is 9.00. The topological polar surface area (TPSA) is 75.9 Å². The quantitative estimate of drug-likeness (QED) is 0.564. The second kappa shape index (κ2) is 6.87. The van der Waals surface area contributed by atoms with Gasteiger partial charge in [0.2, 0.25) is 0 Å². The number of benzene rings is 1. The lowest BCUT2D eigenvalue weighted by Crippen LogP contribution is -2.14. The van der Waals surface area contributed by atoms with Crippen LogP contribution >= 0.6 is 15.9 Å². The van der Waals surface area contributed by atoms with E-state index in [1.807, 2.05) is 19.1 Å². The number of hydrazine groups is 1. The number of anilines is 3. The Labute approximate surface area is 133 Å². The first kappa shape index (κ1) is 15.7. The van der Waals surface area contributed by atoms with Crippen LogP contribution in [-0.2, 0) is 6.42 Å². The average molecular weight is 350 g/mol. The molecule has 0 spiro atoms. The molecule has 0 amide bonds. The molecular weight excluding hydrogens is 330 g/mol. The maximum absolute atomic E-state index is 5.55. The van der Waals surface area contributed by atoms with E-state index in [-0.39, 0.29) is 0 Å². The Morgan fingerprint density at radius 1 is 1.19 bits per heavy atom. The van der Waals surface area contributed by atoms with Gasteiger partial charge in [-0.2, -0.15) is 0 Å². The number of aromatic nitrogens is 2. The van der Waals surface area contributed by atoms with Crippen LogP contribution in [0.5, 0.6) is 0 Å². The Bertz CT molecular complexity index is 642. The lowest BCUT2D eigenvalue weighted by Gasteiger charge is -2.14. The molecule has 5 nitrogen and oxygen atoms in total. The maximum atomic E-state index is 5.55. The molecule has 0 fully saturated rings. The van der Waals surface area contributed by atoms with Gasteiger partial charge in [0, 0.05) is 22.1 Å². The average Bonchev–Trinajstić information content (AvgIpc) is 2.46. The minimum Gasteiger partial charge on any atom is -0.340 e. The van der Waals surface area contributed by atoms with E-state index in [4.69, 9.17) is 5.84 Å². The molecule has 2 aromatic rings. The number of hydrogen-bond acceptors (Lipinski definition) is 5. The highest BCUT2D eigenvalue weighted by molar-refractivity contribution is 9.10. The number of aryl methyl sites for hydroxylation is 2. The summed E-state index contributed by atoms with van der Waals surface area (Å²) in [7, 11) is 0. The summed E-state index contributed by atoms with van der Waals surface area (Å²) in [5.41, 5.74) is 5.70. The van der Waals surface area contributed by atoms with Crippen LogP contribution in [0.15, 0.2) is 22.7 Å². The van der Waals surface area contributed by atoms with Crippen LogP contribution in [0.4, 0.5) is 17.3 Å². The standard InChI is InChI=1S/C15H20BrN5/c1-4-5-13-19-14(10(3)15(20-13)21-17)18-11-7-6-9(2)12(16)8-11/h6-8H,4-5,17H2,1-3H3,(H2,18,19,20,21). The number of halogens is 1. The van der Waals surface area contributed by atoms with Crippen LogP contribution in [0.1, 0.15) is 30.3 Å². The monoisotopic (exact) mass is 349 g/mol. The molecule has 112 valence electrons. The van der Waals surface area contributed by atoms with E-state index in [1.54, 1.807) is 0 Å². The highest BCUT2D eigenvalue weighted by Gasteiger charge is 2.10. The van der Waals surface area contributed by atoms with Crippen molar-refractivity contribution in [1.82, 2.24) is 9.97 Å². The molecule has 0 aliphatic rings. The van der Waals surface area contributed by atoms with Crippen LogP contribution in [0.2, 0.25) is 0 Å². The molecule has 4 N–H and O–H groups in total. The zero-order valence-corrected chi connectivity index (χ0v) is 14.1. The van der Waals surface area contributed by atoms with Crippen LogP contribution < -0.4 is 16.6 Å². The van der Waals surface area contributed by atoms with Gasteiger partial charge in [-0.1, -0.05) is 28.9 Å². The molecule has 2 rings (SSSR count). The van der Waals surface area contributed by atoms with E-state index in [9.17, 15) is 0 Å². The molecule has 0 atom stereocenters. The van der Waals surface area contributed by atoms with E-state index in [0.29, 0.717) is 5.82 Å². The van der Waals surface area contributed by atoms with Crippen molar-refractivity contribution < 1.29 is 0 Å². The van der Waals surface area contributed by atoms with Crippen molar-refractivity contribution in [3.05, 3.63) is 39.6 Å². The predicted molar refractivity (Wildman–Crippen MR) is 90.7 cm³/mol. The van der Waals surface area contributed by atoms with Gasteiger partial charge in [-0.3, -0.25) is 0 Å². The molecule has 0 saturated heterocycles. The van der Waals surface area contributed by atoms with Crippen LogP contribution in [0.25, 0.3) is 0 Å². The van der Waals surface area contributed by atoms with E-state index < -0.39 is 0 Å². The molecule has 1 heterocycles. The number of rotatable bonds is 5. The Morgan fingerprint density at radius 2 is 1.90 bits per heavy atom. The summed E-state index contributed by atoms with van der Waals surface area (Å²) in [5, 5.41) is 3.34. The summed E-state index contributed by atoms with van der Waals surface area (Å²) in [6, 6.07) is 6.11. The number of hydrogen-bond donors (Lipinski definition) is 3. The lowest BCUT2D eigenvalue weighted by atomic mass is 10.2. The zero-order chi connectivity index (χ0) is 15.4. The van der Waals surface area contributed by atoms with Crippen molar-refractivity contribution >= 4 is 33.3 Å². The second-order valence-electron chi connectivity index (χ2n) is 4.95. The van der Waals surface area contributed by atoms with Gasteiger partial charge < -0.3 is 10.7 Å². The number of nitrogens with two attached hydrogens (primary N) is 1. The third-order valence-corrected chi connectivity index (χ3v) is 4.09. The first-order valence-electron chi connectivity index (χ1n) is 6.92. The number of nitrogen functional groups attached to an aromatic ring is 1. The van der Waals surface area contributed by atoms with Crippen molar-refractivity contribution in [3.63, 3.8) is 0 Å². The summed E-state index contributed by atoms with van der Waals surface area (Å²) in [6.07, 6.45) is 1.81. The zero-order valence-electron chi connectivity index (χ0n) is 12.5. The Kier molecular flexibility index (Phi) is 5.14. The number of nitrogens with one attached hydrogen (secondary N) is 2. The highest BCUT2D eigenvalue weighted by atomic mass is 79.9. The van der Waals surface area contributed by atoms with Gasteiger partial charge in [0.25, 0.3) is 0 Å². The van der Waals surface area contributed by atoms with Crippen molar-refractivity contribution in [3.8, 4) is 0 Å². The summed E-state index contributed by atoms with van der Waals surface area (Å²) >= 11 is 3.54. The summed E-state index contributed by atoms with van der Waals surface area (Å²) < 4.78 is 1.06. The van der Waals surface area contributed by atoms with Crippen molar-refractivity contribution in [2.45, 2.75) is 33.6 Å². The van der Waals surface area contributed by atoms with Gasteiger partial charge >= 0.3 is 0 Å².